The molecule has 27 heavy (non-hydrogen) atoms. The van der Waals surface area contributed by atoms with Crippen LogP contribution < -0.4 is 10.1 Å². The number of guanidine groups is 1. The fourth-order valence-corrected chi connectivity index (χ4v) is 4.72. The largest absolute Gasteiger partial charge is 0.467 e. The molecule has 0 unspecified atom stereocenters. The molecule has 2 fully saturated rings. The van der Waals surface area contributed by atoms with Crippen LogP contribution in [-0.4, -0.2) is 37.8 Å². The molecule has 1 spiro atoms. The van der Waals surface area contributed by atoms with Crippen molar-refractivity contribution in [3.8, 4) is 5.75 Å². The number of hydrogen-bond donors (Lipinski definition) is 1. The predicted octanol–water partition coefficient (Wildman–Crippen LogP) is 4.04. The molecule has 1 N–H and O–H groups in total. The molecular formula is C20H29FIN3O2. The number of aliphatic imine (C=N–C) groups is 1. The number of ether oxygens (including phenoxy) is 2. The Bertz CT molecular complexity index is 692. The highest BCUT2D eigenvalue weighted by molar-refractivity contribution is 14.0. The molecule has 3 aliphatic rings. The van der Waals surface area contributed by atoms with Gasteiger partial charge >= 0.3 is 0 Å². The van der Waals surface area contributed by atoms with Crippen LogP contribution in [0.4, 0.5) is 4.39 Å². The third-order valence-electron chi connectivity index (χ3n) is 6.05. The first kappa shape index (κ1) is 20.6. The Hall–Kier alpha value is -1.09. The lowest BCUT2D eigenvalue weighted by Crippen LogP contribution is -2.41. The summed E-state index contributed by atoms with van der Waals surface area (Å²) < 4.78 is 24.8. The van der Waals surface area contributed by atoms with Gasteiger partial charge in [-0.25, -0.2) is 4.39 Å². The number of nitrogens with one attached hydrogen (secondary N) is 1. The van der Waals surface area contributed by atoms with Gasteiger partial charge in [0, 0.05) is 37.8 Å². The summed E-state index contributed by atoms with van der Waals surface area (Å²) in [6.45, 7) is 3.23. The van der Waals surface area contributed by atoms with E-state index in [0.29, 0.717) is 18.6 Å². The minimum absolute atomic E-state index is 0. The third-order valence-corrected chi connectivity index (χ3v) is 6.05. The maximum atomic E-state index is 13.9. The van der Waals surface area contributed by atoms with Gasteiger partial charge in [0.15, 0.2) is 12.8 Å². The molecule has 1 aliphatic carbocycles. The molecule has 0 amide bonds. The molecular weight excluding hydrogens is 460 g/mol. The van der Waals surface area contributed by atoms with Gasteiger partial charge in [-0.3, -0.25) is 4.99 Å². The lowest BCUT2D eigenvalue weighted by molar-refractivity contribution is -0.0173. The minimum Gasteiger partial charge on any atom is -0.467 e. The van der Waals surface area contributed by atoms with E-state index in [-0.39, 0.29) is 36.6 Å². The van der Waals surface area contributed by atoms with Crippen LogP contribution in [0.3, 0.4) is 0 Å². The smallest absolute Gasteiger partial charge is 0.193 e. The lowest BCUT2D eigenvalue weighted by Gasteiger charge is -2.33. The number of fused-ring (bicyclic) bond motifs is 1. The summed E-state index contributed by atoms with van der Waals surface area (Å²) >= 11 is 0. The standard InChI is InChI=1S/C20H28FN3O2.HI/c1-22-19(24-8-7-20(13-24)5-3-2-4-6-20)23-11-15-9-17(21)10-16-12-25-14-26-18(15)16;/h9-10H,2-8,11-14H2,1H3,(H,22,23);1H. The quantitative estimate of drug-likeness (QED) is 0.387. The van der Waals surface area contributed by atoms with Gasteiger partial charge < -0.3 is 19.7 Å². The van der Waals surface area contributed by atoms with Crippen molar-refractivity contribution in [2.24, 2.45) is 10.4 Å². The average Bonchev–Trinajstić information content (AvgIpc) is 3.05. The van der Waals surface area contributed by atoms with Gasteiger partial charge in [0.05, 0.1) is 6.61 Å². The molecule has 150 valence electrons. The van der Waals surface area contributed by atoms with E-state index < -0.39 is 0 Å². The van der Waals surface area contributed by atoms with Gasteiger partial charge in [-0.2, -0.15) is 0 Å². The average molecular weight is 489 g/mol. The zero-order valence-corrected chi connectivity index (χ0v) is 18.3. The summed E-state index contributed by atoms with van der Waals surface area (Å²) in [6.07, 6.45) is 8.02. The first-order valence-corrected chi connectivity index (χ1v) is 9.67. The van der Waals surface area contributed by atoms with Gasteiger partial charge in [0.2, 0.25) is 0 Å². The van der Waals surface area contributed by atoms with E-state index in [0.717, 1.165) is 35.9 Å². The van der Waals surface area contributed by atoms with Crippen molar-refractivity contribution >= 4 is 29.9 Å². The Morgan fingerprint density at radius 2 is 2.07 bits per heavy atom. The maximum absolute atomic E-state index is 13.9. The molecule has 0 bridgehead atoms. The van der Waals surface area contributed by atoms with Crippen LogP contribution in [0.5, 0.6) is 5.75 Å². The summed E-state index contributed by atoms with van der Waals surface area (Å²) in [7, 11) is 1.82. The molecule has 1 saturated heterocycles. The van der Waals surface area contributed by atoms with Crippen molar-refractivity contribution in [3.05, 3.63) is 29.1 Å². The van der Waals surface area contributed by atoms with E-state index in [1.807, 2.05) is 7.05 Å². The van der Waals surface area contributed by atoms with E-state index in [2.05, 4.69) is 15.2 Å². The summed E-state index contributed by atoms with van der Waals surface area (Å²) in [5.74, 6) is 1.38. The zero-order valence-electron chi connectivity index (χ0n) is 15.9. The predicted molar refractivity (Wildman–Crippen MR) is 114 cm³/mol. The first-order valence-electron chi connectivity index (χ1n) is 9.67. The fourth-order valence-electron chi connectivity index (χ4n) is 4.72. The van der Waals surface area contributed by atoms with Crippen molar-refractivity contribution in [3.63, 3.8) is 0 Å². The Labute approximate surface area is 177 Å². The molecule has 4 rings (SSSR count). The van der Waals surface area contributed by atoms with Gasteiger partial charge in [0.25, 0.3) is 0 Å². The van der Waals surface area contributed by atoms with Gasteiger partial charge in [-0.1, -0.05) is 19.3 Å². The number of likely N-dealkylation sites (tertiary alicyclic amines) is 1. The molecule has 2 aliphatic heterocycles. The van der Waals surface area contributed by atoms with Crippen molar-refractivity contribution < 1.29 is 13.9 Å². The third kappa shape index (κ3) is 4.50. The molecule has 0 aromatic heterocycles. The maximum Gasteiger partial charge on any atom is 0.193 e. The number of hydrogen-bond acceptors (Lipinski definition) is 3. The van der Waals surface area contributed by atoms with Gasteiger partial charge in [0.1, 0.15) is 11.6 Å². The first-order chi connectivity index (χ1) is 12.7. The summed E-state index contributed by atoms with van der Waals surface area (Å²) in [5, 5.41) is 3.42. The van der Waals surface area contributed by atoms with E-state index >= 15 is 0 Å². The van der Waals surface area contributed by atoms with E-state index in [1.54, 1.807) is 0 Å². The number of benzene rings is 1. The van der Waals surface area contributed by atoms with Crippen LogP contribution in [0.25, 0.3) is 0 Å². The van der Waals surface area contributed by atoms with Gasteiger partial charge in [-0.15, -0.1) is 24.0 Å². The summed E-state index contributed by atoms with van der Waals surface area (Å²) in [4.78, 5) is 6.83. The fraction of sp³-hybridized carbons (Fsp3) is 0.650. The van der Waals surface area contributed by atoms with Crippen LogP contribution >= 0.6 is 24.0 Å². The Morgan fingerprint density at radius 1 is 1.26 bits per heavy atom. The van der Waals surface area contributed by atoms with Gasteiger partial charge in [-0.05, 0) is 36.8 Å². The van der Waals surface area contributed by atoms with Crippen LogP contribution in [0.2, 0.25) is 0 Å². The summed E-state index contributed by atoms with van der Waals surface area (Å²) in [6, 6.07) is 3.02. The van der Waals surface area contributed by atoms with Crippen molar-refractivity contribution in [1.82, 2.24) is 10.2 Å². The summed E-state index contributed by atoms with van der Waals surface area (Å²) in [5.41, 5.74) is 2.07. The monoisotopic (exact) mass is 489 g/mol. The second-order valence-electron chi connectivity index (χ2n) is 7.80. The molecule has 1 aromatic carbocycles. The topological polar surface area (TPSA) is 46.1 Å². The second kappa shape index (κ2) is 8.94. The SMILES string of the molecule is CN=C(NCc1cc(F)cc2c1OCOC2)N1CCC2(CCCCC2)C1.I. The van der Waals surface area contributed by atoms with Crippen LogP contribution in [0, 0.1) is 11.2 Å². The molecule has 7 heteroatoms. The van der Waals surface area contributed by atoms with Crippen LogP contribution in [0.15, 0.2) is 17.1 Å². The molecule has 1 saturated carbocycles. The van der Waals surface area contributed by atoms with Crippen molar-refractivity contribution in [2.75, 3.05) is 26.9 Å². The zero-order chi connectivity index (χ0) is 18.0. The van der Waals surface area contributed by atoms with Crippen LogP contribution in [0.1, 0.15) is 49.7 Å². The van der Waals surface area contributed by atoms with E-state index in [4.69, 9.17) is 9.47 Å². The normalized spacial score (nSPS) is 21.4. The van der Waals surface area contributed by atoms with E-state index in [1.165, 1.54) is 50.7 Å². The molecule has 2 heterocycles. The molecule has 0 radical (unpaired) electrons. The highest BCUT2D eigenvalue weighted by Gasteiger charge is 2.39. The second-order valence-corrected chi connectivity index (χ2v) is 7.80. The lowest BCUT2D eigenvalue weighted by atomic mass is 9.73. The van der Waals surface area contributed by atoms with Crippen LogP contribution in [-0.2, 0) is 17.9 Å². The number of nitrogens with zero attached hydrogens (tertiary/aromatic N) is 2. The Balaban J connectivity index is 0.00000210. The Kier molecular flexibility index (Phi) is 6.83. The number of halogens is 2. The highest BCUT2D eigenvalue weighted by atomic mass is 127. The molecule has 1 aromatic rings. The van der Waals surface area contributed by atoms with Crippen molar-refractivity contribution in [1.29, 1.82) is 0 Å². The minimum atomic E-state index is -0.257. The van der Waals surface area contributed by atoms with Crippen molar-refractivity contribution in [2.45, 2.75) is 51.7 Å². The van der Waals surface area contributed by atoms with E-state index in [9.17, 15) is 4.39 Å². The highest BCUT2D eigenvalue weighted by Crippen LogP contribution is 2.43. The number of rotatable bonds is 2. The molecule has 5 nitrogen and oxygen atoms in total. The Morgan fingerprint density at radius 3 is 2.85 bits per heavy atom. The molecule has 0 atom stereocenters.